The summed E-state index contributed by atoms with van der Waals surface area (Å²) >= 11 is 1.53. The summed E-state index contributed by atoms with van der Waals surface area (Å²) in [6, 6.07) is 2.37. The molecule has 0 amide bonds. The maximum Gasteiger partial charge on any atom is 0.191 e. The zero-order valence-electron chi connectivity index (χ0n) is 11.0. The average Bonchev–Trinajstić information content (AvgIpc) is 2.94. The van der Waals surface area contributed by atoms with Crippen LogP contribution in [0.2, 0.25) is 0 Å². The number of hydrogen-bond acceptors (Lipinski definition) is 7. The molecule has 1 aromatic heterocycles. The molecule has 104 valence electrons. The summed E-state index contributed by atoms with van der Waals surface area (Å²) in [4.78, 5) is 11.3. The van der Waals surface area contributed by atoms with E-state index in [0.29, 0.717) is 18.0 Å². The van der Waals surface area contributed by atoms with E-state index in [1.807, 2.05) is 12.3 Å². The summed E-state index contributed by atoms with van der Waals surface area (Å²) in [7, 11) is 0. The fourth-order valence-electron chi connectivity index (χ4n) is 2.94. The normalized spacial score (nSPS) is 26.3. The lowest BCUT2D eigenvalue weighted by Crippen LogP contribution is -2.49. The second-order valence-electron chi connectivity index (χ2n) is 4.84. The molecule has 2 fully saturated rings. The Morgan fingerprint density at radius 3 is 3.16 bits per heavy atom. The largest absolute Gasteiger partial charge is 0.374 e. The molecule has 1 saturated carbocycles. The van der Waals surface area contributed by atoms with Gasteiger partial charge in [-0.05, 0) is 25.5 Å². The van der Waals surface area contributed by atoms with Crippen LogP contribution in [0, 0.1) is 0 Å². The molecule has 0 radical (unpaired) electrons. The highest BCUT2D eigenvalue weighted by molar-refractivity contribution is 7.98. The first-order valence-electron chi connectivity index (χ1n) is 6.60. The smallest absolute Gasteiger partial charge is 0.191 e. The number of fused-ring (bicyclic) bond motifs is 1. The Bertz CT molecular complexity index is 435. The standard InChI is InChI=1S/C12H19N5OS/c1-19-12-14-10(16-13)7-11(15-12)17-5-6-18-9-4-2-3-8(9)17/h7-9H,2-6,13H2,1H3,(H,14,15,16). The van der Waals surface area contributed by atoms with Gasteiger partial charge in [0.1, 0.15) is 11.6 Å². The fraction of sp³-hybridized carbons (Fsp3) is 0.667. The van der Waals surface area contributed by atoms with Gasteiger partial charge in [0.05, 0.1) is 18.8 Å². The molecule has 0 spiro atoms. The number of ether oxygens (including phenoxy) is 1. The predicted octanol–water partition coefficient (Wildman–Crippen LogP) is 1.24. The van der Waals surface area contributed by atoms with Crippen molar-refractivity contribution in [3.05, 3.63) is 6.07 Å². The molecular formula is C12H19N5OS. The number of morpholine rings is 1. The van der Waals surface area contributed by atoms with E-state index in [2.05, 4.69) is 20.3 Å². The molecule has 1 saturated heterocycles. The topological polar surface area (TPSA) is 76.3 Å². The number of nitrogens with zero attached hydrogens (tertiary/aromatic N) is 3. The van der Waals surface area contributed by atoms with Crippen LogP contribution in [0.4, 0.5) is 11.6 Å². The molecule has 1 aliphatic heterocycles. The SMILES string of the molecule is CSc1nc(NN)cc(N2CCOC3CCCC32)n1. The van der Waals surface area contributed by atoms with Gasteiger partial charge in [0.25, 0.3) is 0 Å². The van der Waals surface area contributed by atoms with E-state index in [1.54, 1.807) is 0 Å². The van der Waals surface area contributed by atoms with E-state index >= 15 is 0 Å². The third-order valence-corrected chi connectivity index (χ3v) is 4.35. The molecule has 2 atom stereocenters. The maximum absolute atomic E-state index is 5.84. The van der Waals surface area contributed by atoms with Gasteiger partial charge >= 0.3 is 0 Å². The van der Waals surface area contributed by atoms with Crippen molar-refractivity contribution in [3.63, 3.8) is 0 Å². The quantitative estimate of drug-likeness (QED) is 0.373. The van der Waals surface area contributed by atoms with Gasteiger partial charge in [0.15, 0.2) is 5.16 Å². The number of hydrogen-bond donors (Lipinski definition) is 2. The van der Waals surface area contributed by atoms with Crippen LogP contribution in [0.25, 0.3) is 0 Å². The first-order valence-corrected chi connectivity index (χ1v) is 7.82. The van der Waals surface area contributed by atoms with Crippen molar-refractivity contribution in [2.24, 2.45) is 5.84 Å². The number of nitrogens with two attached hydrogens (primary N) is 1. The van der Waals surface area contributed by atoms with E-state index in [1.165, 1.54) is 24.6 Å². The highest BCUT2D eigenvalue weighted by atomic mass is 32.2. The Balaban J connectivity index is 1.91. The Morgan fingerprint density at radius 1 is 1.47 bits per heavy atom. The third-order valence-electron chi connectivity index (χ3n) is 3.80. The summed E-state index contributed by atoms with van der Waals surface area (Å²) < 4.78 is 5.84. The number of nitrogens with one attached hydrogen (secondary N) is 1. The van der Waals surface area contributed by atoms with E-state index in [0.717, 1.165) is 30.5 Å². The number of thioether (sulfide) groups is 1. The lowest BCUT2D eigenvalue weighted by atomic mass is 10.1. The monoisotopic (exact) mass is 281 g/mol. The van der Waals surface area contributed by atoms with Crippen molar-refractivity contribution < 1.29 is 4.74 Å². The van der Waals surface area contributed by atoms with Crippen molar-refractivity contribution in [2.75, 3.05) is 29.7 Å². The van der Waals surface area contributed by atoms with Crippen molar-refractivity contribution >= 4 is 23.4 Å². The molecule has 2 heterocycles. The van der Waals surface area contributed by atoms with Gasteiger partial charge in [-0.1, -0.05) is 11.8 Å². The molecule has 0 aromatic carbocycles. The van der Waals surface area contributed by atoms with Gasteiger partial charge in [-0.25, -0.2) is 15.8 Å². The van der Waals surface area contributed by atoms with Crippen LogP contribution in [0.15, 0.2) is 11.2 Å². The minimum Gasteiger partial charge on any atom is -0.374 e. The molecule has 3 rings (SSSR count). The fourth-order valence-corrected chi connectivity index (χ4v) is 3.31. The summed E-state index contributed by atoms with van der Waals surface area (Å²) in [6.07, 6.45) is 5.89. The molecular weight excluding hydrogens is 262 g/mol. The van der Waals surface area contributed by atoms with Crippen LogP contribution in [0.5, 0.6) is 0 Å². The number of aromatic nitrogens is 2. The van der Waals surface area contributed by atoms with Gasteiger partial charge in [-0.2, -0.15) is 0 Å². The zero-order chi connectivity index (χ0) is 13.2. The Labute approximate surface area is 117 Å². The van der Waals surface area contributed by atoms with Crippen LogP contribution < -0.4 is 16.2 Å². The molecule has 19 heavy (non-hydrogen) atoms. The molecule has 1 aromatic rings. The van der Waals surface area contributed by atoms with Crippen molar-refractivity contribution in [3.8, 4) is 0 Å². The zero-order valence-corrected chi connectivity index (χ0v) is 11.8. The number of rotatable bonds is 3. The van der Waals surface area contributed by atoms with E-state index in [-0.39, 0.29) is 0 Å². The van der Waals surface area contributed by atoms with Crippen LogP contribution in [-0.4, -0.2) is 41.5 Å². The minimum absolute atomic E-state index is 0.357. The van der Waals surface area contributed by atoms with Gasteiger partial charge in [-0.15, -0.1) is 0 Å². The first-order chi connectivity index (χ1) is 9.31. The van der Waals surface area contributed by atoms with Gasteiger partial charge in [0.2, 0.25) is 0 Å². The highest BCUT2D eigenvalue weighted by Crippen LogP contribution is 2.33. The average molecular weight is 281 g/mol. The molecule has 1 aliphatic carbocycles. The first kappa shape index (κ1) is 13.0. The van der Waals surface area contributed by atoms with E-state index in [9.17, 15) is 0 Å². The van der Waals surface area contributed by atoms with Crippen LogP contribution in [0.1, 0.15) is 19.3 Å². The number of anilines is 2. The van der Waals surface area contributed by atoms with Gasteiger partial charge < -0.3 is 15.1 Å². The second kappa shape index (κ2) is 5.52. The third kappa shape index (κ3) is 2.50. The molecule has 2 aliphatic rings. The molecule has 3 N–H and O–H groups in total. The molecule has 2 unspecified atom stereocenters. The number of nitrogen functional groups attached to an aromatic ring is 1. The van der Waals surface area contributed by atoms with E-state index < -0.39 is 0 Å². The summed E-state index contributed by atoms with van der Waals surface area (Å²) in [6.45, 7) is 1.65. The lowest BCUT2D eigenvalue weighted by molar-refractivity contribution is 0.0253. The Hall–Kier alpha value is -1.05. The summed E-state index contributed by atoms with van der Waals surface area (Å²) in [5.74, 6) is 7.10. The van der Waals surface area contributed by atoms with Crippen LogP contribution in [-0.2, 0) is 4.74 Å². The van der Waals surface area contributed by atoms with E-state index in [4.69, 9.17) is 10.6 Å². The van der Waals surface area contributed by atoms with Crippen LogP contribution in [0.3, 0.4) is 0 Å². The van der Waals surface area contributed by atoms with Crippen molar-refractivity contribution in [1.82, 2.24) is 9.97 Å². The van der Waals surface area contributed by atoms with Crippen LogP contribution >= 0.6 is 11.8 Å². The predicted molar refractivity (Wildman–Crippen MR) is 76.3 cm³/mol. The van der Waals surface area contributed by atoms with Crippen molar-refractivity contribution in [1.29, 1.82) is 0 Å². The molecule has 0 bridgehead atoms. The second-order valence-corrected chi connectivity index (χ2v) is 5.62. The number of hydrazine groups is 1. The maximum atomic E-state index is 5.84. The van der Waals surface area contributed by atoms with Gasteiger partial charge in [-0.3, -0.25) is 0 Å². The highest BCUT2D eigenvalue weighted by Gasteiger charge is 2.36. The Morgan fingerprint density at radius 2 is 2.37 bits per heavy atom. The summed E-state index contributed by atoms with van der Waals surface area (Å²) in [5, 5.41) is 0.742. The molecule has 6 nitrogen and oxygen atoms in total. The lowest BCUT2D eigenvalue weighted by Gasteiger charge is -2.38. The molecule has 7 heteroatoms. The van der Waals surface area contributed by atoms with Gasteiger partial charge in [0, 0.05) is 12.6 Å². The Kier molecular flexibility index (Phi) is 3.76. The minimum atomic E-state index is 0.357. The van der Waals surface area contributed by atoms with Crippen molar-refractivity contribution in [2.45, 2.75) is 36.6 Å². The summed E-state index contributed by atoms with van der Waals surface area (Å²) in [5.41, 5.74) is 2.62.